The van der Waals surface area contributed by atoms with E-state index in [2.05, 4.69) is 15.3 Å². The van der Waals surface area contributed by atoms with Gasteiger partial charge in [-0.15, -0.1) is 0 Å². The number of imidazole rings is 1. The Hall–Kier alpha value is -2.21. The van der Waals surface area contributed by atoms with Gasteiger partial charge in [-0.25, -0.2) is 4.98 Å². The van der Waals surface area contributed by atoms with Crippen LogP contribution in [0.3, 0.4) is 0 Å². The number of amides is 1. The molecule has 1 amide bonds. The summed E-state index contributed by atoms with van der Waals surface area (Å²) in [6, 6.07) is 6.04. The lowest BCUT2D eigenvalue weighted by Crippen LogP contribution is -2.40. The molecular formula is C17H23N5O. The third-order valence-corrected chi connectivity index (χ3v) is 4.23. The Balaban J connectivity index is 1.84. The number of hydrogen-bond acceptors (Lipinski definition) is 4. The first-order chi connectivity index (χ1) is 11.2. The number of nitrogens with zero attached hydrogens (tertiary/aromatic N) is 4. The van der Waals surface area contributed by atoms with Crippen LogP contribution in [-0.2, 0) is 13.6 Å². The van der Waals surface area contributed by atoms with E-state index < -0.39 is 0 Å². The Morgan fingerprint density at radius 3 is 3.00 bits per heavy atom. The lowest BCUT2D eigenvalue weighted by molar-refractivity contribution is 0.0636. The van der Waals surface area contributed by atoms with E-state index in [-0.39, 0.29) is 11.9 Å². The van der Waals surface area contributed by atoms with E-state index in [1.54, 1.807) is 23.3 Å². The van der Waals surface area contributed by atoms with Crippen LogP contribution in [0.15, 0.2) is 36.9 Å². The fourth-order valence-corrected chi connectivity index (χ4v) is 3.02. The SMILES string of the molecule is Cn1cnc(C(=O)N(Cc2ccccn2)C2CCCNCC2)c1. The van der Waals surface area contributed by atoms with Gasteiger partial charge in [-0.05, 0) is 44.5 Å². The molecule has 6 nitrogen and oxygen atoms in total. The first-order valence-corrected chi connectivity index (χ1v) is 8.13. The van der Waals surface area contributed by atoms with Gasteiger partial charge in [-0.2, -0.15) is 0 Å². The van der Waals surface area contributed by atoms with Crippen molar-refractivity contribution in [2.45, 2.75) is 31.8 Å². The normalized spacial score (nSPS) is 18.4. The molecule has 1 aliphatic rings. The van der Waals surface area contributed by atoms with Crippen LogP contribution in [0.4, 0.5) is 0 Å². The predicted molar refractivity (Wildman–Crippen MR) is 87.8 cm³/mol. The molecule has 0 aliphatic carbocycles. The minimum absolute atomic E-state index is 0.0110. The zero-order chi connectivity index (χ0) is 16.1. The standard InChI is InChI=1S/C17H23N5O/c1-21-12-16(20-13-21)17(23)22(11-14-5-2-3-9-19-14)15-6-4-8-18-10-7-15/h2-3,5,9,12-13,15,18H,4,6-8,10-11H2,1H3. The zero-order valence-corrected chi connectivity index (χ0v) is 13.5. The second kappa shape index (κ2) is 7.37. The molecule has 1 saturated heterocycles. The van der Waals surface area contributed by atoms with Gasteiger partial charge >= 0.3 is 0 Å². The number of carbonyl (C=O) groups is 1. The van der Waals surface area contributed by atoms with Crippen molar-refractivity contribution in [1.29, 1.82) is 0 Å². The fourth-order valence-electron chi connectivity index (χ4n) is 3.02. The lowest BCUT2D eigenvalue weighted by atomic mass is 10.1. The second-order valence-electron chi connectivity index (χ2n) is 6.01. The summed E-state index contributed by atoms with van der Waals surface area (Å²) in [5, 5.41) is 3.41. The number of carbonyl (C=O) groups excluding carboxylic acids is 1. The van der Waals surface area contributed by atoms with Crippen LogP contribution in [0.25, 0.3) is 0 Å². The second-order valence-corrected chi connectivity index (χ2v) is 6.01. The van der Waals surface area contributed by atoms with Crippen molar-refractivity contribution in [3.8, 4) is 0 Å². The minimum Gasteiger partial charge on any atom is -0.340 e. The molecule has 3 rings (SSSR count). The Morgan fingerprint density at radius 1 is 1.35 bits per heavy atom. The molecule has 1 unspecified atom stereocenters. The smallest absolute Gasteiger partial charge is 0.274 e. The highest BCUT2D eigenvalue weighted by Gasteiger charge is 2.27. The maximum Gasteiger partial charge on any atom is 0.274 e. The van der Waals surface area contributed by atoms with Crippen molar-refractivity contribution in [2.75, 3.05) is 13.1 Å². The van der Waals surface area contributed by atoms with Gasteiger partial charge in [0, 0.05) is 25.5 Å². The van der Waals surface area contributed by atoms with Gasteiger partial charge in [-0.1, -0.05) is 6.07 Å². The molecule has 2 aromatic heterocycles. The third kappa shape index (κ3) is 3.96. The van der Waals surface area contributed by atoms with E-state index in [1.165, 1.54) is 0 Å². The molecule has 1 atom stereocenters. The number of nitrogens with one attached hydrogen (secondary N) is 1. The molecule has 1 N–H and O–H groups in total. The van der Waals surface area contributed by atoms with Crippen molar-refractivity contribution in [3.05, 3.63) is 48.3 Å². The van der Waals surface area contributed by atoms with E-state index >= 15 is 0 Å². The molecule has 1 aliphatic heterocycles. The van der Waals surface area contributed by atoms with Crippen LogP contribution in [-0.4, -0.2) is 44.5 Å². The van der Waals surface area contributed by atoms with Crippen molar-refractivity contribution in [2.24, 2.45) is 7.05 Å². The highest BCUT2D eigenvalue weighted by atomic mass is 16.2. The van der Waals surface area contributed by atoms with Crippen molar-refractivity contribution in [3.63, 3.8) is 0 Å². The highest BCUT2D eigenvalue weighted by molar-refractivity contribution is 5.92. The molecule has 2 aromatic rings. The molecule has 0 aromatic carbocycles. The van der Waals surface area contributed by atoms with Gasteiger partial charge in [0.2, 0.25) is 0 Å². The maximum atomic E-state index is 13.0. The number of rotatable bonds is 4. The Kier molecular flexibility index (Phi) is 5.02. The summed E-state index contributed by atoms with van der Waals surface area (Å²) in [4.78, 5) is 23.5. The summed E-state index contributed by atoms with van der Waals surface area (Å²) < 4.78 is 1.81. The van der Waals surface area contributed by atoms with Crippen LogP contribution in [0, 0.1) is 0 Å². The molecule has 23 heavy (non-hydrogen) atoms. The molecule has 0 saturated carbocycles. The van der Waals surface area contributed by atoms with Gasteiger partial charge in [0.15, 0.2) is 0 Å². The zero-order valence-electron chi connectivity index (χ0n) is 13.5. The Labute approximate surface area is 136 Å². The summed E-state index contributed by atoms with van der Waals surface area (Å²) >= 11 is 0. The topological polar surface area (TPSA) is 63.1 Å². The average molecular weight is 313 g/mol. The van der Waals surface area contributed by atoms with E-state index in [0.29, 0.717) is 12.2 Å². The monoisotopic (exact) mass is 313 g/mol. The van der Waals surface area contributed by atoms with E-state index in [0.717, 1.165) is 38.0 Å². The highest BCUT2D eigenvalue weighted by Crippen LogP contribution is 2.18. The first kappa shape index (κ1) is 15.7. The summed E-state index contributed by atoms with van der Waals surface area (Å²) in [7, 11) is 1.88. The van der Waals surface area contributed by atoms with E-state index in [9.17, 15) is 4.79 Å². The van der Waals surface area contributed by atoms with Crippen molar-refractivity contribution < 1.29 is 4.79 Å². The van der Waals surface area contributed by atoms with Crippen molar-refractivity contribution in [1.82, 2.24) is 24.8 Å². The van der Waals surface area contributed by atoms with E-state index in [4.69, 9.17) is 0 Å². The fraction of sp³-hybridized carbons (Fsp3) is 0.471. The molecular weight excluding hydrogens is 290 g/mol. The van der Waals surface area contributed by atoms with Crippen LogP contribution < -0.4 is 5.32 Å². The van der Waals surface area contributed by atoms with Crippen LogP contribution >= 0.6 is 0 Å². The number of aromatic nitrogens is 3. The van der Waals surface area contributed by atoms with Gasteiger partial charge in [-0.3, -0.25) is 9.78 Å². The molecule has 122 valence electrons. The maximum absolute atomic E-state index is 13.0. The van der Waals surface area contributed by atoms with Crippen LogP contribution in [0.5, 0.6) is 0 Å². The molecule has 0 bridgehead atoms. The summed E-state index contributed by atoms with van der Waals surface area (Å²) in [6.45, 7) is 2.49. The van der Waals surface area contributed by atoms with Gasteiger partial charge in [0.05, 0.1) is 18.6 Å². The molecule has 0 radical (unpaired) electrons. The molecule has 1 fully saturated rings. The van der Waals surface area contributed by atoms with Gasteiger partial charge in [0.1, 0.15) is 5.69 Å². The number of hydrogen-bond donors (Lipinski definition) is 1. The van der Waals surface area contributed by atoms with Crippen LogP contribution in [0.1, 0.15) is 35.4 Å². The van der Waals surface area contributed by atoms with Gasteiger partial charge in [0.25, 0.3) is 5.91 Å². The van der Waals surface area contributed by atoms with Gasteiger partial charge < -0.3 is 14.8 Å². The summed E-state index contributed by atoms with van der Waals surface area (Å²) in [5.41, 5.74) is 1.41. The summed E-state index contributed by atoms with van der Waals surface area (Å²) in [6.07, 6.45) is 8.28. The quantitative estimate of drug-likeness (QED) is 0.931. The Morgan fingerprint density at radius 2 is 2.26 bits per heavy atom. The minimum atomic E-state index is -0.0110. The average Bonchev–Trinajstić information content (AvgIpc) is 2.84. The first-order valence-electron chi connectivity index (χ1n) is 8.13. The number of pyridine rings is 1. The predicted octanol–water partition coefficient (Wildman–Crippen LogP) is 1.60. The molecule has 3 heterocycles. The largest absolute Gasteiger partial charge is 0.340 e. The summed E-state index contributed by atoms with van der Waals surface area (Å²) in [5.74, 6) is -0.0110. The van der Waals surface area contributed by atoms with Crippen LogP contribution in [0.2, 0.25) is 0 Å². The number of aryl methyl sites for hydroxylation is 1. The van der Waals surface area contributed by atoms with E-state index in [1.807, 2.05) is 30.1 Å². The van der Waals surface area contributed by atoms with Crippen molar-refractivity contribution >= 4 is 5.91 Å². The molecule has 0 spiro atoms. The Bertz CT molecular complexity index is 631. The lowest BCUT2D eigenvalue weighted by Gasteiger charge is -2.30. The third-order valence-electron chi connectivity index (χ3n) is 4.23. The molecule has 6 heteroatoms.